The van der Waals surface area contributed by atoms with Crippen molar-refractivity contribution in [3.05, 3.63) is 0 Å². The van der Waals surface area contributed by atoms with Crippen LogP contribution >= 0.6 is 10.2 Å². The molecule has 0 spiro atoms. The third-order valence-electron chi connectivity index (χ3n) is 4.64. The van der Waals surface area contributed by atoms with Gasteiger partial charge in [-0.2, -0.15) is 10.2 Å². The summed E-state index contributed by atoms with van der Waals surface area (Å²) in [4.78, 5) is 0. The predicted molar refractivity (Wildman–Crippen MR) is 76.3 cm³/mol. The van der Waals surface area contributed by atoms with E-state index in [0.29, 0.717) is 0 Å². The Morgan fingerprint density at radius 3 is 2.19 bits per heavy atom. The molecule has 16 heavy (non-hydrogen) atoms. The highest BCUT2D eigenvalue weighted by molar-refractivity contribution is 8.31. The van der Waals surface area contributed by atoms with Crippen molar-refractivity contribution < 1.29 is 0 Å². The third-order valence-corrected chi connectivity index (χ3v) is 8.65. The van der Waals surface area contributed by atoms with E-state index in [1.165, 1.54) is 56.5 Å². The second kappa shape index (κ2) is 5.30. The maximum atomic E-state index is 3.01. The molecule has 0 aromatic carbocycles. The molecular weight excluding hydrogens is 214 g/mol. The molecule has 0 amide bonds. The zero-order valence-corrected chi connectivity index (χ0v) is 12.2. The normalized spacial score (nSPS) is 29.8. The lowest BCUT2D eigenvalue weighted by Crippen LogP contribution is -2.42. The second-order valence-electron chi connectivity index (χ2n) is 5.89. The van der Waals surface area contributed by atoms with E-state index < -0.39 is 10.2 Å². The van der Waals surface area contributed by atoms with Crippen molar-refractivity contribution in [1.29, 1.82) is 0 Å². The first-order chi connectivity index (χ1) is 7.67. The van der Waals surface area contributed by atoms with Crippen LogP contribution in [0.25, 0.3) is 0 Å². The Balaban J connectivity index is 2.12. The van der Waals surface area contributed by atoms with E-state index in [9.17, 15) is 0 Å². The molecule has 1 aliphatic carbocycles. The number of rotatable bonds is 4. The highest BCUT2D eigenvalue weighted by Crippen LogP contribution is 2.57. The lowest BCUT2D eigenvalue weighted by Gasteiger charge is -2.50. The minimum Gasteiger partial charge on any atom is -0.262 e. The summed E-state index contributed by atoms with van der Waals surface area (Å²) < 4.78 is 3.01. The fraction of sp³-hybridized carbons (Fsp3) is 1.00. The number of hydrogen-bond donors (Lipinski definition) is 0. The van der Waals surface area contributed by atoms with Crippen LogP contribution in [-0.2, 0) is 0 Å². The molecule has 96 valence electrons. The third kappa shape index (κ3) is 2.43. The summed E-state index contributed by atoms with van der Waals surface area (Å²) >= 11 is 0. The molecule has 1 saturated heterocycles. The summed E-state index contributed by atoms with van der Waals surface area (Å²) in [7, 11) is -0.406. The van der Waals surface area contributed by atoms with E-state index in [0.717, 1.165) is 12.1 Å². The summed E-state index contributed by atoms with van der Waals surface area (Å²) in [6.45, 7) is 4.83. The monoisotopic (exact) mass is 243 g/mol. The molecule has 0 N–H and O–H groups in total. The molecule has 2 aliphatic rings. The van der Waals surface area contributed by atoms with Crippen molar-refractivity contribution in [2.75, 3.05) is 17.8 Å². The smallest absolute Gasteiger partial charge is 0.0190 e. The van der Waals surface area contributed by atoms with Gasteiger partial charge in [-0.1, -0.05) is 19.8 Å². The van der Waals surface area contributed by atoms with Crippen LogP contribution in [0.1, 0.15) is 58.8 Å². The molecule has 1 atom stereocenters. The zero-order valence-electron chi connectivity index (χ0n) is 11.4. The van der Waals surface area contributed by atoms with E-state index in [-0.39, 0.29) is 0 Å². The van der Waals surface area contributed by atoms with Crippen LogP contribution in [0.15, 0.2) is 0 Å². The predicted octanol–water partition coefficient (Wildman–Crippen LogP) is 4.17. The van der Waals surface area contributed by atoms with Gasteiger partial charge in [0.05, 0.1) is 0 Å². The van der Waals surface area contributed by atoms with E-state index in [2.05, 4.69) is 24.4 Å². The lowest BCUT2D eigenvalue weighted by atomic mass is 10.2. The highest BCUT2D eigenvalue weighted by Gasteiger charge is 2.37. The molecule has 0 radical (unpaired) electrons. The zero-order chi connectivity index (χ0) is 11.6. The lowest BCUT2D eigenvalue weighted by molar-refractivity contribution is 0.275. The summed E-state index contributed by atoms with van der Waals surface area (Å²) in [5, 5.41) is 0. The molecule has 1 unspecified atom stereocenters. The van der Waals surface area contributed by atoms with Crippen molar-refractivity contribution >= 4 is 10.2 Å². The maximum absolute atomic E-state index is 3.01. The van der Waals surface area contributed by atoms with Crippen LogP contribution < -0.4 is 0 Å². The molecular formula is C14H29NS. The molecule has 0 bridgehead atoms. The van der Waals surface area contributed by atoms with Crippen LogP contribution in [0, 0.1) is 0 Å². The van der Waals surface area contributed by atoms with E-state index >= 15 is 0 Å². The van der Waals surface area contributed by atoms with E-state index in [4.69, 9.17) is 0 Å². The SMILES string of the molecule is CCC(C)N(C1CCCC1)S1(C)CCCC1. The van der Waals surface area contributed by atoms with Crippen LogP contribution in [0.2, 0.25) is 0 Å². The minimum absolute atomic E-state index is 0.406. The minimum atomic E-state index is -0.406. The Labute approximate surface area is 103 Å². The standard InChI is InChI=1S/C14H29NS/c1-4-13(2)15(14-9-5-6-10-14)16(3)11-7-8-12-16/h13-14H,4-12H2,1-3H3. The first-order valence-electron chi connectivity index (χ1n) is 7.19. The van der Waals surface area contributed by atoms with Gasteiger partial charge in [0.15, 0.2) is 0 Å². The van der Waals surface area contributed by atoms with Gasteiger partial charge in [0.2, 0.25) is 0 Å². The Morgan fingerprint density at radius 1 is 1.12 bits per heavy atom. The molecule has 0 aromatic heterocycles. The quantitative estimate of drug-likeness (QED) is 0.716. The average molecular weight is 243 g/mol. The van der Waals surface area contributed by atoms with Gasteiger partial charge in [0.25, 0.3) is 0 Å². The average Bonchev–Trinajstić information content (AvgIpc) is 2.90. The molecule has 2 rings (SSSR count). The molecule has 1 saturated carbocycles. The van der Waals surface area contributed by atoms with Crippen molar-refractivity contribution in [1.82, 2.24) is 4.31 Å². The topological polar surface area (TPSA) is 3.24 Å². The first kappa shape index (κ1) is 12.8. The Morgan fingerprint density at radius 2 is 1.69 bits per heavy atom. The van der Waals surface area contributed by atoms with E-state index in [1.807, 2.05) is 0 Å². The van der Waals surface area contributed by atoms with Crippen molar-refractivity contribution in [2.45, 2.75) is 70.9 Å². The molecule has 2 heteroatoms. The molecule has 1 aliphatic heterocycles. The van der Waals surface area contributed by atoms with Crippen LogP contribution in [-0.4, -0.2) is 34.2 Å². The molecule has 1 heterocycles. The fourth-order valence-electron chi connectivity index (χ4n) is 3.63. The van der Waals surface area contributed by atoms with Gasteiger partial charge in [-0.05, 0) is 56.8 Å². The van der Waals surface area contributed by atoms with Gasteiger partial charge in [-0.3, -0.25) is 4.31 Å². The van der Waals surface area contributed by atoms with Gasteiger partial charge >= 0.3 is 0 Å². The Hall–Kier alpha value is 0.310. The van der Waals surface area contributed by atoms with Gasteiger partial charge in [-0.15, -0.1) is 0 Å². The van der Waals surface area contributed by atoms with Crippen LogP contribution in [0.5, 0.6) is 0 Å². The van der Waals surface area contributed by atoms with Crippen molar-refractivity contribution in [2.24, 2.45) is 0 Å². The molecule has 2 fully saturated rings. The van der Waals surface area contributed by atoms with Gasteiger partial charge in [0, 0.05) is 12.1 Å². The van der Waals surface area contributed by atoms with Gasteiger partial charge in [0.1, 0.15) is 0 Å². The summed E-state index contributed by atoms with van der Waals surface area (Å²) in [6, 6.07) is 1.76. The molecule has 0 aromatic rings. The summed E-state index contributed by atoms with van der Waals surface area (Å²) in [5.41, 5.74) is 0. The van der Waals surface area contributed by atoms with Crippen molar-refractivity contribution in [3.63, 3.8) is 0 Å². The largest absolute Gasteiger partial charge is 0.262 e. The molecule has 1 nitrogen and oxygen atoms in total. The van der Waals surface area contributed by atoms with E-state index in [1.54, 1.807) is 0 Å². The van der Waals surface area contributed by atoms with Gasteiger partial charge in [-0.25, -0.2) is 0 Å². The number of hydrogen-bond acceptors (Lipinski definition) is 1. The van der Waals surface area contributed by atoms with Crippen LogP contribution in [0.3, 0.4) is 0 Å². The fourth-order valence-corrected chi connectivity index (χ4v) is 7.86. The first-order valence-corrected chi connectivity index (χ1v) is 9.53. The number of nitrogens with zero attached hydrogens (tertiary/aromatic N) is 1. The van der Waals surface area contributed by atoms with Gasteiger partial charge < -0.3 is 0 Å². The maximum Gasteiger partial charge on any atom is 0.0190 e. The van der Waals surface area contributed by atoms with Crippen molar-refractivity contribution in [3.8, 4) is 0 Å². The summed E-state index contributed by atoms with van der Waals surface area (Å²) in [5.74, 6) is 3.04. The summed E-state index contributed by atoms with van der Waals surface area (Å²) in [6.07, 6.45) is 12.8. The Kier molecular flexibility index (Phi) is 4.23. The highest BCUT2D eigenvalue weighted by atomic mass is 32.3. The van der Waals surface area contributed by atoms with Crippen LogP contribution in [0.4, 0.5) is 0 Å². The Bertz CT molecular complexity index is 217. The second-order valence-corrected chi connectivity index (χ2v) is 9.58.